The highest BCUT2D eigenvalue weighted by atomic mass is 16.2. The number of aryl methyl sites for hydroxylation is 2. The van der Waals surface area contributed by atoms with Gasteiger partial charge in [0.25, 0.3) is 0 Å². The van der Waals surface area contributed by atoms with Gasteiger partial charge in [0.15, 0.2) is 0 Å². The fraction of sp³-hybridized carbons (Fsp3) is 0.500. The highest BCUT2D eigenvalue weighted by Gasteiger charge is 2.21. The second-order valence-electron chi connectivity index (χ2n) is 5.69. The fourth-order valence-corrected chi connectivity index (χ4v) is 1.88. The summed E-state index contributed by atoms with van der Waals surface area (Å²) in [5, 5.41) is 2.92. The molecule has 1 aromatic rings. The maximum absolute atomic E-state index is 12.3. The summed E-state index contributed by atoms with van der Waals surface area (Å²) in [6.07, 6.45) is 0. The van der Waals surface area contributed by atoms with Gasteiger partial charge in [0.05, 0.1) is 12.6 Å². The smallest absolute Gasteiger partial charge is 0.241 e. The molecule has 5 nitrogen and oxygen atoms in total. The third-order valence-corrected chi connectivity index (χ3v) is 3.56. The normalized spacial score (nSPS) is 12.1. The van der Waals surface area contributed by atoms with Crippen LogP contribution in [0, 0.1) is 13.8 Å². The van der Waals surface area contributed by atoms with Crippen molar-refractivity contribution >= 4 is 17.5 Å². The molecule has 0 aliphatic heterocycles. The zero-order valence-corrected chi connectivity index (χ0v) is 13.7. The van der Waals surface area contributed by atoms with Gasteiger partial charge in [-0.25, -0.2) is 0 Å². The summed E-state index contributed by atoms with van der Waals surface area (Å²) in [6.45, 7) is 5.99. The Labute approximate surface area is 126 Å². The zero-order chi connectivity index (χ0) is 16.2. The van der Waals surface area contributed by atoms with E-state index in [0.29, 0.717) is 0 Å². The summed E-state index contributed by atoms with van der Waals surface area (Å²) in [7, 11) is 5.18. The number of nitrogens with zero attached hydrogens (tertiary/aromatic N) is 2. The highest BCUT2D eigenvalue weighted by molar-refractivity contribution is 5.95. The maximum Gasteiger partial charge on any atom is 0.241 e. The van der Waals surface area contributed by atoms with Crippen molar-refractivity contribution in [3.05, 3.63) is 29.3 Å². The molecule has 1 atom stereocenters. The minimum atomic E-state index is -0.380. The van der Waals surface area contributed by atoms with Crippen molar-refractivity contribution in [3.8, 4) is 0 Å². The van der Waals surface area contributed by atoms with E-state index in [0.717, 1.165) is 16.8 Å². The average Bonchev–Trinajstić information content (AvgIpc) is 2.40. The summed E-state index contributed by atoms with van der Waals surface area (Å²) in [4.78, 5) is 27.2. The first-order valence-corrected chi connectivity index (χ1v) is 7.01. The van der Waals surface area contributed by atoms with Crippen molar-refractivity contribution in [1.82, 2.24) is 9.80 Å². The topological polar surface area (TPSA) is 52.7 Å². The largest absolute Gasteiger partial charge is 0.348 e. The number of rotatable bonds is 5. The van der Waals surface area contributed by atoms with Gasteiger partial charge >= 0.3 is 0 Å². The van der Waals surface area contributed by atoms with Gasteiger partial charge in [-0.15, -0.1) is 0 Å². The molecule has 1 unspecified atom stereocenters. The van der Waals surface area contributed by atoms with Crippen LogP contribution >= 0.6 is 0 Å². The number of hydrogen-bond donors (Lipinski definition) is 1. The van der Waals surface area contributed by atoms with Crippen molar-refractivity contribution in [3.63, 3.8) is 0 Å². The minimum Gasteiger partial charge on any atom is -0.348 e. The van der Waals surface area contributed by atoms with Crippen LogP contribution in [0.15, 0.2) is 18.2 Å². The van der Waals surface area contributed by atoms with E-state index in [1.54, 1.807) is 33.0 Å². The van der Waals surface area contributed by atoms with E-state index in [2.05, 4.69) is 5.32 Å². The molecule has 0 aliphatic rings. The molecule has 1 N–H and O–H groups in total. The first-order valence-electron chi connectivity index (χ1n) is 7.01. The van der Waals surface area contributed by atoms with E-state index < -0.39 is 0 Å². The third-order valence-electron chi connectivity index (χ3n) is 3.56. The van der Waals surface area contributed by atoms with Gasteiger partial charge in [-0.05, 0) is 39.4 Å². The van der Waals surface area contributed by atoms with Crippen molar-refractivity contribution in [2.75, 3.05) is 33.0 Å². The predicted molar refractivity (Wildman–Crippen MR) is 85.3 cm³/mol. The Hall–Kier alpha value is -1.88. The Kier molecular flexibility index (Phi) is 5.90. The molecule has 0 saturated carbocycles. The SMILES string of the molecule is Cc1ccc(NC(=O)C(C)N(C)CC(=O)N(C)C)c(C)c1. The van der Waals surface area contributed by atoms with Crippen molar-refractivity contribution in [2.45, 2.75) is 26.8 Å². The van der Waals surface area contributed by atoms with E-state index in [1.807, 2.05) is 32.0 Å². The fourth-order valence-electron chi connectivity index (χ4n) is 1.88. The van der Waals surface area contributed by atoms with Crippen LogP contribution in [0.2, 0.25) is 0 Å². The number of amides is 2. The Morgan fingerprint density at radius 2 is 1.81 bits per heavy atom. The molecule has 1 aromatic carbocycles. The minimum absolute atomic E-state index is 0.0244. The first-order chi connectivity index (χ1) is 9.72. The Morgan fingerprint density at radius 3 is 2.33 bits per heavy atom. The van der Waals surface area contributed by atoms with Gasteiger partial charge in [0.2, 0.25) is 11.8 Å². The van der Waals surface area contributed by atoms with E-state index >= 15 is 0 Å². The van der Waals surface area contributed by atoms with E-state index in [4.69, 9.17) is 0 Å². The number of benzene rings is 1. The van der Waals surface area contributed by atoms with Gasteiger partial charge in [-0.3, -0.25) is 14.5 Å². The summed E-state index contributed by atoms with van der Waals surface area (Å²) in [6, 6.07) is 5.52. The highest BCUT2D eigenvalue weighted by Crippen LogP contribution is 2.16. The molecule has 0 aromatic heterocycles. The van der Waals surface area contributed by atoms with Crippen LogP contribution in [0.1, 0.15) is 18.1 Å². The molecule has 0 bridgehead atoms. The van der Waals surface area contributed by atoms with Crippen LogP contribution in [0.25, 0.3) is 0 Å². The second kappa shape index (κ2) is 7.22. The van der Waals surface area contributed by atoms with E-state index in [1.165, 1.54) is 4.90 Å². The number of likely N-dealkylation sites (N-methyl/N-ethyl adjacent to an activating group) is 2. The lowest BCUT2D eigenvalue weighted by Gasteiger charge is -2.25. The van der Waals surface area contributed by atoms with E-state index in [9.17, 15) is 9.59 Å². The molecule has 2 amide bonds. The summed E-state index contributed by atoms with van der Waals surface area (Å²) in [5.41, 5.74) is 3.00. The summed E-state index contributed by atoms with van der Waals surface area (Å²) >= 11 is 0. The van der Waals surface area contributed by atoms with Gasteiger partial charge in [-0.2, -0.15) is 0 Å². The monoisotopic (exact) mass is 291 g/mol. The lowest BCUT2D eigenvalue weighted by molar-refractivity contribution is -0.131. The van der Waals surface area contributed by atoms with Crippen LogP contribution in [-0.4, -0.2) is 55.3 Å². The number of carbonyl (C=O) groups is 2. The van der Waals surface area contributed by atoms with Crippen LogP contribution in [0.3, 0.4) is 0 Å². The Balaban J connectivity index is 2.68. The maximum atomic E-state index is 12.3. The number of carbonyl (C=O) groups excluding carboxylic acids is 2. The van der Waals surface area contributed by atoms with Gasteiger partial charge in [0.1, 0.15) is 0 Å². The van der Waals surface area contributed by atoms with Crippen LogP contribution in [0.4, 0.5) is 5.69 Å². The molecule has 0 aliphatic carbocycles. The summed E-state index contributed by atoms with van der Waals surface area (Å²) < 4.78 is 0. The number of nitrogens with one attached hydrogen (secondary N) is 1. The second-order valence-corrected chi connectivity index (χ2v) is 5.69. The van der Waals surface area contributed by atoms with Crippen LogP contribution < -0.4 is 5.32 Å². The van der Waals surface area contributed by atoms with Gasteiger partial charge < -0.3 is 10.2 Å². The lowest BCUT2D eigenvalue weighted by atomic mass is 10.1. The van der Waals surface area contributed by atoms with E-state index in [-0.39, 0.29) is 24.4 Å². The molecule has 0 saturated heterocycles. The molecule has 21 heavy (non-hydrogen) atoms. The Morgan fingerprint density at radius 1 is 1.19 bits per heavy atom. The average molecular weight is 291 g/mol. The zero-order valence-electron chi connectivity index (χ0n) is 13.7. The first kappa shape index (κ1) is 17.2. The van der Waals surface area contributed by atoms with Gasteiger partial charge in [0, 0.05) is 19.8 Å². The van der Waals surface area contributed by atoms with Crippen LogP contribution in [0.5, 0.6) is 0 Å². The lowest BCUT2D eigenvalue weighted by Crippen LogP contribution is -2.44. The Bertz CT molecular complexity index is 526. The van der Waals surface area contributed by atoms with Gasteiger partial charge in [-0.1, -0.05) is 17.7 Å². The predicted octanol–water partition coefficient (Wildman–Crippen LogP) is 1.65. The molecule has 1 rings (SSSR count). The molecule has 116 valence electrons. The number of anilines is 1. The third kappa shape index (κ3) is 4.86. The molecule has 0 fully saturated rings. The van der Waals surface area contributed by atoms with Crippen molar-refractivity contribution < 1.29 is 9.59 Å². The number of hydrogen-bond acceptors (Lipinski definition) is 3. The molecule has 0 spiro atoms. The molecule has 0 heterocycles. The molecular formula is C16H25N3O2. The van der Waals surface area contributed by atoms with Crippen molar-refractivity contribution in [1.29, 1.82) is 0 Å². The quantitative estimate of drug-likeness (QED) is 0.897. The summed E-state index contributed by atoms with van der Waals surface area (Å²) in [5.74, 6) is -0.139. The van der Waals surface area contributed by atoms with Crippen molar-refractivity contribution in [2.24, 2.45) is 0 Å². The van der Waals surface area contributed by atoms with Crippen LogP contribution in [-0.2, 0) is 9.59 Å². The molecular weight excluding hydrogens is 266 g/mol. The molecule has 5 heteroatoms. The molecule has 0 radical (unpaired) electrons. The standard InChI is InChI=1S/C16H25N3O2/c1-11-7-8-14(12(2)9-11)17-16(21)13(3)19(6)10-15(20)18(4)5/h7-9,13H,10H2,1-6H3,(H,17,21).